The Kier molecular flexibility index (Phi) is 3.69. The van der Waals surface area contributed by atoms with E-state index < -0.39 is 0 Å². The highest BCUT2D eigenvalue weighted by molar-refractivity contribution is 7.09. The molecular formula is C16H16ClN5OS. The zero-order valence-electron chi connectivity index (χ0n) is 13.3. The summed E-state index contributed by atoms with van der Waals surface area (Å²) in [6.07, 6.45) is 2.18. The fourth-order valence-electron chi connectivity index (χ4n) is 3.24. The lowest BCUT2D eigenvalue weighted by Gasteiger charge is -2.23. The Hall–Kier alpha value is -2.12. The second-order valence-electron chi connectivity index (χ2n) is 5.90. The average molecular weight is 362 g/mol. The fraction of sp³-hybridized carbons (Fsp3) is 0.312. The van der Waals surface area contributed by atoms with Crippen molar-refractivity contribution in [2.24, 2.45) is 7.05 Å². The van der Waals surface area contributed by atoms with E-state index in [4.69, 9.17) is 11.6 Å². The smallest absolute Gasteiger partial charge is 0.226 e. The van der Waals surface area contributed by atoms with E-state index in [1.165, 1.54) is 4.88 Å². The third kappa shape index (κ3) is 2.44. The number of carbonyl (C=O) groups excluding carboxylic acids is 1. The van der Waals surface area contributed by atoms with Gasteiger partial charge in [-0.25, -0.2) is 4.68 Å². The van der Waals surface area contributed by atoms with E-state index in [0.29, 0.717) is 18.1 Å². The molecule has 1 aliphatic rings. The molecule has 0 fully saturated rings. The van der Waals surface area contributed by atoms with Gasteiger partial charge in [-0.2, -0.15) is 10.2 Å². The molecule has 124 valence electrons. The fourth-order valence-corrected chi connectivity index (χ4v) is 4.23. The molecule has 4 heterocycles. The number of nitrogens with zero attached hydrogens (tertiary/aromatic N) is 4. The molecule has 3 aromatic heterocycles. The number of aromatic nitrogens is 4. The third-order valence-corrected chi connectivity index (χ3v) is 5.63. The monoisotopic (exact) mass is 361 g/mol. The Labute approximate surface area is 148 Å². The van der Waals surface area contributed by atoms with E-state index >= 15 is 0 Å². The molecule has 3 aromatic rings. The van der Waals surface area contributed by atoms with Crippen LogP contribution in [0.4, 0.5) is 5.82 Å². The van der Waals surface area contributed by atoms with E-state index in [2.05, 4.69) is 21.6 Å². The van der Waals surface area contributed by atoms with Gasteiger partial charge in [-0.15, -0.1) is 11.3 Å². The molecule has 0 aromatic carbocycles. The predicted octanol–water partition coefficient (Wildman–Crippen LogP) is 3.16. The van der Waals surface area contributed by atoms with Crippen molar-refractivity contribution in [3.8, 4) is 0 Å². The van der Waals surface area contributed by atoms with Crippen LogP contribution in [0.5, 0.6) is 0 Å². The zero-order chi connectivity index (χ0) is 16.8. The maximum Gasteiger partial charge on any atom is 0.226 e. The number of hydrogen-bond donors (Lipinski definition) is 1. The molecule has 1 aliphatic heterocycles. The number of amides is 1. The van der Waals surface area contributed by atoms with Crippen LogP contribution in [0.2, 0.25) is 5.15 Å². The molecule has 1 N–H and O–H groups in total. The van der Waals surface area contributed by atoms with Crippen LogP contribution in [-0.2, 0) is 18.4 Å². The van der Waals surface area contributed by atoms with E-state index in [0.717, 1.165) is 22.6 Å². The summed E-state index contributed by atoms with van der Waals surface area (Å²) >= 11 is 8.10. The van der Waals surface area contributed by atoms with Gasteiger partial charge in [0.2, 0.25) is 5.91 Å². The van der Waals surface area contributed by atoms with Crippen LogP contribution >= 0.6 is 22.9 Å². The van der Waals surface area contributed by atoms with Crippen molar-refractivity contribution in [1.29, 1.82) is 0 Å². The van der Waals surface area contributed by atoms with Crippen LogP contribution in [-0.4, -0.2) is 25.5 Å². The Bertz CT molecular complexity index is 911. The topological polar surface area (TPSA) is 64.7 Å². The van der Waals surface area contributed by atoms with Crippen molar-refractivity contribution < 1.29 is 4.79 Å². The molecule has 0 saturated heterocycles. The third-order valence-electron chi connectivity index (χ3n) is 4.32. The van der Waals surface area contributed by atoms with Crippen LogP contribution < -0.4 is 5.32 Å². The van der Waals surface area contributed by atoms with E-state index in [-0.39, 0.29) is 11.8 Å². The van der Waals surface area contributed by atoms with Gasteiger partial charge in [0.25, 0.3) is 0 Å². The molecule has 24 heavy (non-hydrogen) atoms. The summed E-state index contributed by atoms with van der Waals surface area (Å²) in [7, 11) is 1.81. The molecule has 6 nitrogen and oxygen atoms in total. The van der Waals surface area contributed by atoms with E-state index in [1.54, 1.807) is 16.0 Å². The number of halogens is 1. The summed E-state index contributed by atoms with van der Waals surface area (Å²) in [6, 6.07) is 4.07. The van der Waals surface area contributed by atoms with Gasteiger partial charge < -0.3 is 5.32 Å². The molecule has 0 aliphatic carbocycles. The second-order valence-corrected chi connectivity index (χ2v) is 7.29. The molecular weight excluding hydrogens is 346 g/mol. The van der Waals surface area contributed by atoms with Crippen molar-refractivity contribution in [1.82, 2.24) is 19.6 Å². The van der Waals surface area contributed by atoms with Gasteiger partial charge >= 0.3 is 0 Å². The number of carbonyl (C=O) groups is 1. The van der Waals surface area contributed by atoms with Crippen LogP contribution in [0.1, 0.15) is 34.0 Å². The van der Waals surface area contributed by atoms with E-state index in [9.17, 15) is 4.79 Å². The Morgan fingerprint density at radius 3 is 3.00 bits per heavy atom. The van der Waals surface area contributed by atoms with Crippen LogP contribution in [0.25, 0.3) is 0 Å². The highest BCUT2D eigenvalue weighted by atomic mass is 35.5. The standard InChI is InChI=1S/C16H16ClN5OS/c1-9-14(15(17)21(2)20-9)11-6-13(23)19-16-12(11)7-18-22(16)8-10-4-3-5-24-10/h3-5,7,11H,6,8H2,1-2H3,(H,19,23)/t11-/m0/s1. The Morgan fingerprint density at radius 2 is 2.33 bits per heavy atom. The summed E-state index contributed by atoms with van der Waals surface area (Å²) in [4.78, 5) is 13.5. The zero-order valence-corrected chi connectivity index (χ0v) is 14.9. The highest BCUT2D eigenvalue weighted by Crippen LogP contribution is 2.41. The molecule has 0 unspecified atom stereocenters. The molecule has 0 spiro atoms. The number of anilines is 1. The number of hydrogen-bond acceptors (Lipinski definition) is 4. The maximum absolute atomic E-state index is 12.3. The lowest BCUT2D eigenvalue weighted by molar-refractivity contribution is -0.116. The quantitative estimate of drug-likeness (QED) is 0.779. The first-order valence-corrected chi connectivity index (χ1v) is 8.87. The molecule has 0 saturated carbocycles. The minimum Gasteiger partial charge on any atom is -0.311 e. The molecule has 1 amide bonds. The Balaban J connectivity index is 1.78. The maximum atomic E-state index is 12.3. The minimum atomic E-state index is -0.118. The summed E-state index contributed by atoms with van der Waals surface area (Å²) in [5.41, 5.74) is 2.74. The number of thiophene rings is 1. The van der Waals surface area contributed by atoms with Crippen molar-refractivity contribution in [2.75, 3.05) is 5.32 Å². The minimum absolute atomic E-state index is 0.0280. The van der Waals surface area contributed by atoms with Crippen molar-refractivity contribution in [3.05, 3.63) is 50.6 Å². The summed E-state index contributed by atoms with van der Waals surface area (Å²) in [6.45, 7) is 2.56. The first-order valence-electron chi connectivity index (χ1n) is 7.61. The normalized spacial score (nSPS) is 17.0. The SMILES string of the molecule is Cc1nn(C)c(Cl)c1[C@H]1CC(=O)Nc2c1cnn2Cc1cccs1. The highest BCUT2D eigenvalue weighted by Gasteiger charge is 2.33. The van der Waals surface area contributed by atoms with Crippen molar-refractivity contribution in [3.63, 3.8) is 0 Å². The van der Waals surface area contributed by atoms with Crippen LogP contribution in [0.3, 0.4) is 0 Å². The summed E-state index contributed by atoms with van der Waals surface area (Å²) in [5, 5.41) is 14.4. The molecule has 8 heteroatoms. The summed E-state index contributed by atoms with van der Waals surface area (Å²) in [5.74, 6) is 0.607. The number of nitrogens with one attached hydrogen (secondary N) is 1. The van der Waals surface area contributed by atoms with Gasteiger partial charge in [0.05, 0.1) is 18.4 Å². The van der Waals surface area contributed by atoms with Gasteiger partial charge in [-0.05, 0) is 18.4 Å². The summed E-state index contributed by atoms with van der Waals surface area (Å²) < 4.78 is 3.49. The van der Waals surface area contributed by atoms with Gasteiger partial charge in [-0.3, -0.25) is 9.48 Å². The molecule has 1 atom stereocenters. The van der Waals surface area contributed by atoms with Gasteiger partial charge in [0.1, 0.15) is 11.0 Å². The molecule has 4 rings (SSSR count). The number of fused-ring (bicyclic) bond motifs is 1. The lowest BCUT2D eigenvalue weighted by atomic mass is 9.87. The number of rotatable bonds is 3. The lowest BCUT2D eigenvalue weighted by Crippen LogP contribution is -2.25. The first kappa shape index (κ1) is 15.4. The molecule has 0 radical (unpaired) electrons. The molecule has 0 bridgehead atoms. The predicted molar refractivity (Wildman–Crippen MR) is 93.7 cm³/mol. The first-order chi connectivity index (χ1) is 11.5. The van der Waals surface area contributed by atoms with Crippen LogP contribution in [0, 0.1) is 6.92 Å². The van der Waals surface area contributed by atoms with Gasteiger partial charge in [-0.1, -0.05) is 17.7 Å². The van der Waals surface area contributed by atoms with Gasteiger partial charge in [0.15, 0.2) is 0 Å². The van der Waals surface area contributed by atoms with Crippen molar-refractivity contribution >= 4 is 34.7 Å². The van der Waals surface area contributed by atoms with Gasteiger partial charge in [0, 0.05) is 35.4 Å². The second kappa shape index (κ2) is 5.75. The van der Waals surface area contributed by atoms with Crippen molar-refractivity contribution in [2.45, 2.75) is 25.8 Å². The van der Waals surface area contributed by atoms with Crippen LogP contribution in [0.15, 0.2) is 23.7 Å². The number of aryl methyl sites for hydroxylation is 2. The Morgan fingerprint density at radius 1 is 1.50 bits per heavy atom. The van der Waals surface area contributed by atoms with E-state index in [1.807, 2.05) is 36.3 Å². The average Bonchev–Trinajstić information content (AvgIpc) is 3.23. The largest absolute Gasteiger partial charge is 0.311 e.